The molecule has 0 atom stereocenters. The van der Waals surface area contributed by atoms with Gasteiger partial charge in [-0.2, -0.15) is 5.10 Å². The Balaban J connectivity index is 1.75. The maximum absolute atomic E-state index is 12.9. The van der Waals surface area contributed by atoms with Crippen LogP contribution in [-0.2, 0) is 13.6 Å². The largest absolute Gasteiger partial charge is 0.467 e. The number of fused-ring (bicyclic) bond motifs is 1. The second kappa shape index (κ2) is 7.19. The standard InChI is InChI=1S/C21H21N5O2/c1-13-6-8-15(9-7-13)24-19-17(21(27)23-11-16-5-4-10-28-16)12-22-20-18(19)14(2)25-26(20)3/h4-10,12H,11H2,1-3H3,(H,22,24)(H,23,27). The fourth-order valence-corrected chi connectivity index (χ4v) is 3.17. The molecule has 0 aliphatic carbocycles. The van der Waals surface area contributed by atoms with E-state index in [1.54, 1.807) is 23.2 Å². The number of furan rings is 1. The summed E-state index contributed by atoms with van der Waals surface area (Å²) in [4.78, 5) is 17.4. The van der Waals surface area contributed by atoms with Crippen LogP contribution in [0.3, 0.4) is 0 Å². The number of aryl methyl sites for hydroxylation is 3. The maximum atomic E-state index is 12.9. The first-order valence-electron chi connectivity index (χ1n) is 8.99. The number of nitrogens with zero attached hydrogens (tertiary/aromatic N) is 3. The van der Waals surface area contributed by atoms with Crippen LogP contribution < -0.4 is 10.6 Å². The molecule has 4 rings (SSSR count). The van der Waals surface area contributed by atoms with Crippen LogP contribution in [0, 0.1) is 13.8 Å². The Hall–Kier alpha value is -3.61. The SMILES string of the molecule is Cc1ccc(Nc2c(C(=O)NCc3ccco3)cnc3c2c(C)nn3C)cc1. The fourth-order valence-electron chi connectivity index (χ4n) is 3.17. The molecule has 3 aromatic heterocycles. The number of carbonyl (C=O) groups is 1. The van der Waals surface area contributed by atoms with Gasteiger partial charge in [-0.05, 0) is 38.1 Å². The van der Waals surface area contributed by atoms with Crippen molar-refractivity contribution in [2.45, 2.75) is 20.4 Å². The van der Waals surface area contributed by atoms with Gasteiger partial charge in [-0.3, -0.25) is 9.48 Å². The van der Waals surface area contributed by atoms with Crippen LogP contribution in [-0.4, -0.2) is 20.7 Å². The molecule has 7 nitrogen and oxygen atoms in total. The molecule has 0 saturated carbocycles. The minimum Gasteiger partial charge on any atom is -0.467 e. The van der Waals surface area contributed by atoms with Crippen molar-refractivity contribution < 1.29 is 9.21 Å². The van der Waals surface area contributed by atoms with E-state index < -0.39 is 0 Å². The first-order chi connectivity index (χ1) is 13.5. The van der Waals surface area contributed by atoms with Crippen molar-refractivity contribution in [1.82, 2.24) is 20.1 Å². The average molecular weight is 375 g/mol. The van der Waals surface area contributed by atoms with Gasteiger partial charge in [0.15, 0.2) is 5.65 Å². The van der Waals surface area contributed by atoms with Crippen molar-refractivity contribution in [1.29, 1.82) is 0 Å². The summed E-state index contributed by atoms with van der Waals surface area (Å²) in [6, 6.07) is 11.6. The van der Waals surface area contributed by atoms with E-state index in [9.17, 15) is 4.79 Å². The Labute approximate surface area is 162 Å². The molecule has 0 spiro atoms. The van der Waals surface area contributed by atoms with E-state index in [0.717, 1.165) is 22.4 Å². The zero-order chi connectivity index (χ0) is 19.7. The number of aromatic nitrogens is 3. The van der Waals surface area contributed by atoms with E-state index in [1.165, 1.54) is 5.56 Å². The lowest BCUT2D eigenvalue weighted by molar-refractivity contribution is 0.0948. The Morgan fingerprint density at radius 3 is 2.68 bits per heavy atom. The lowest BCUT2D eigenvalue weighted by Gasteiger charge is -2.14. The highest BCUT2D eigenvalue weighted by atomic mass is 16.3. The molecule has 1 amide bonds. The van der Waals surface area contributed by atoms with Crippen LogP contribution in [0.5, 0.6) is 0 Å². The first kappa shape index (κ1) is 17.8. The van der Waals surface area contributed by atoms with Crippen LogP contribution in [0.1, 0.15) is 27.4 Å². The van der Waals surface area contributed by atoms with Crippen molar-refractivity contribution in [2.24, 2.45) is 7.05 Å². The molecule has 7 heteroatoms. The molecule has 0 aliphatic rings. The van der Waals surface area contributed by atoms with Crippen LogP contribution in [0.4, 0.5) is 11.4 Å². The highest BCUT2D eigenvalue weighted by Crippen LogP contribution is 2.31. The maximum Gasteiger partial charge on any atom is 0.255 e. The van der Waals surface area contributed by atoms with Gasteiger partial charge in [0.1, 0.15) is 5.76 Å². The second-order valence-electron chi connectivity index (χ2n) is 6.71. The molecule has 0 saturated heterocycles. The van der Waals surface area contributed by atoms with E-state index in [2.05, 4.69) is 20.7 Å². The highest BCUT2D eigenvalue weighted by Gasteiger charge is 2.20. The molecular weight excluding hydrogens is 354 g/mol. The van der Waals surface area contributed by atoms with E-state index in [4.69, 9.17) is 4.42 Å². The zero-order valence-electron chi connectivity index (χ0n) is 16.0. The van der Waals surface area contributed by atoms with Gasteiger partial charge >= 0.3 is 0 Å². The van der Waals surface area contributed by atoms with Gasteiger partial charge in [0.2, 0.25) is 0 Å². The number of rotatable bonds is 5. The number of pyridine rings is 1. The van der Waals surface area contributed by atoms with Gasteiger partial charge in [-0.1, -0.05) is 17.7 Å². The summed E-state index contributed by atoms with van der Waals surface area (Å²) in [5.74, 6) is 0.455. The Bertz CT molecular complexity index is 1130. The summed E-state index contributed by atoms with van der Waals surface area (Å²) in [7, 11) is 1.84. The lowest BCUT2D eigenvalue weighted by atomic mass is 10.1. The van der Waals surface area contributed by atoms with E-state index in [0.29, 0.717) is 23.6 Å². The van der Waals surface area contributed by atoms with Crippen molar-refractivity contribution in [3.8, 4) is 0 Å². The number of carbonyl (C=O) groups excluding carboxylic acids is 1. The summed E-state index contributed by atoms with van der Waals surface area (Å²) in [5.41, 5.74) is 4.72. The summed E-state index contributed by atoms with van der Waals surface area (Å²) >= 11 is 0. The summed E-state index contributed by atoms with van der Waals surface area (Å²) in [6.07, 6.45) is 3.16. The third kappa shape index (κ3) is 3.34. The molecule has 28 heavy (non-hydrogen) atoms. The molecule has 0 radical (unpaired) electrons. The lowest BCUT2D eigenvalue weighted by Crippen LogP contribution is -2.23. The average Bonchev–Trinajstić information content (AvgIpc) is 3.30. The van der Waals surface area contributed by atoms with Gasteiger partial charge in [-0.25, -0.2) is 4.98 Å². The zero-order valence-corrected chi connectivity index (χ0v) is 16.0. The predicted molar refractivity (Wildman–Crippen MR) is 108 cm³/mol. The molecular formula is C21H21N5O2. The molecule has 0 fully saturated rings. The van der Waals surface area contributed by atoms with Crippen molar-refractivity contribution in [2.75, 3.05) is 5.32 Å². The summed E-state index contributed by atoms with van der Waals surface area (Å²) in [5, 5.41) is 11.6. The van der Waals surface area contributed by atoms with Crippen LogP contribution in [0.15, 0.2) is 53.3 Å². The molecule has 1 aromatic carbocycles. The predicted octanol–water partition coefficient (Wildman–Crippen LogP) is 3.85. The summed E-state index contributed by atoms with van der Waals surface area (Å²) in [6.45, 7) is 4.25. The monoisotopic (exact) mass is 375 g/mol. The van der Waals surface area contributed by atoms with E-state index in [-0.39, 0.29) is 5.91 Å². The molecule has 4 aromatic rings. The number of amides is 1. The Morgan fingerprint density at radius 2 is 1.96 bits per heavy atom. The van der Waals surface area contributed by atoms with E-state index >= 15 is 0 Å². The topological polar surface area (TPSA) is 85.0 Å². The number of hydrogen-bond acceptors (Lipinski definition) is 5. The van der Waals surface area contributed by atoms with Crippen molar-refractivity contribution >= 4 is 28.3 Å². The highest BCUT2D eigenvalue weighted by molar-refractivity contribution is 6.08. The van der Waals surface area contributed by atoms with Crippen LogP contribution >= 0.6 is 0 Å². The smallest absolute Gasteiger partial charge is 0.255 e. The van der Waals surface area contributed by atoms with Gasteiger partial charge in [0.05, 0.1) is 35.1 Å². The summed E-state index contributed by atoms with van der Waals surface area (Å²) < 4.78 is 7.01. The Morgan fingerprint density at radius 1 is 1.18 bits per heavy atom. The van der Waals surface area contributed by atoms with Gasteiger partial charge in [0.25, 0.3) is 5.91 Å². The number of anilines is 2. The molecule has 3 heterocycles. The van der Waals surface area contributed by atoms with Crippen molar-refractivity contribution in [3.05, 3.63) is 71.4 Å². The number of hydrogen-bond donors (Lipinski definition) is 2. The van der Waals surface area contributed by atoms with Crippen LogP contribution in [0.25, 0.3) is 11.0 Å². The number of benzene rings is 1. The van der Waals surface area contributed by atoms with Gasteiger partial charge < -0.3 is 15.1 Å². The molecule has 2 N–H and O–H groups in total. The van der Waals surface area contributed by atoms with Gasteiger partial charge in [0, 0.05) is 18.9 Å². The van der Waals surface area contributed by atoms with E-state index in [1.807, 2.05) is 51.2 Å². The number of nitrogens with one attached hydrogen (secondary N) is 2. The normalized spacial score (nSPS) is 11.0. The third-order valence-corrected chi connectivity index (χ3v) is 4.60. The third-order valence-electron chi connectivity index (χ3n) is 4.60. The molecule has 0 aliphatic heterocycles. The fraction of sp³-hybridized carbons (Fsp3) is 0.190. The Kier molecular flexibility index (Phi) is 4.57. The van der Waals surface area contributed by atoms with Gasteiger partial charge in [-0.15, -0.1) is 0 Å². The first-order valence-corrected chi connectivity index (χ1v) is 8.99. The van der Waals surface area contributed by atoms with Crippen molar-refractivity contribution in [3.63, 3.8) is 0 Å². The minimum absolute atomic E-state index is 0.233. The molecule has 142 valence electrons. The minimum atomic E-state index is -0.233. The van der Waals surface area contributed by atoms with Crippen LogP contribution in [0.2, 0.25) is 0 Å². The second-order valence-corrected chi connectivity index (χ2v) is 6.71. The molecule has 0 unspecified atom stereocenters. The molecule has 0 bridgehead atoms. The quantitative estimate of drug-likeness (QED) is 0.553.